The molecule has 0 amide bonds. The van der Waals surface area contributed by atoms with Gasteiger partial charge in [-0.2, -0.15) is 39.5 Å². The Kier molecular flexibility index (Phi) is 7.20. The molecule has 0 aliphatic carbocycles. The van der Waals surface area contributed by atoms with Gasteiger partial charge in [0.15, 0.2) is 6.10 Å². The molecule has 3 aromatic rings. The molecule has 0 unspecified atom stereocenters. The van der Waals surface area contributed by atoms with Gasteiger partial charge in [-0.1, -0.05) is 66.7 Å². The smallest absolute Gasteiger partial charge is 0.395 e. The summed E-state index contributed by atoms with van der Waals surface area (Å²) in [6, 6.07) is 17.7. The number of para-hydroxylation sites is 2. The summed E-state index contributed by atoms with van der Waals surface area (Å²) in [5, 5.41) is 0. The standard InChI is InChI=1S/C24H16F9O5P/c25-20(26,23(31)21(27,28)22(29,30)24(32,33)38-23)19(16-10-4-1-5-11-16)37-39(34,35-17-12-6-2-7-13-17)36-18-14-8-3-9-15-18/h1-15,19H/t19-,23+/m1/s1. The Morgan fingerprint density at radius 1 is 0.667 bits per heavy atom. The highest BCUT2D eigenvalue weighted by Crippen LogP contribution is 2.68. The lowest BCUT2D eigenvalue weighted by Gasteiger charge is -2.37. The summed E-state index contributed by atoms with van der Waals surface area (Å²) >= 11 is 0. The van der Waals surface area contributed by atoms with Crippen molar-refractivity contribution in [2.75, 3.05) is 0 Å². The highest BCUT2D eigenvalue weighted by molar-refractivity contribution is 7.49. The molecule has 210 valence electrons. The van der Waals surface area contributed by atoms with E-state index in [1.54, 1.807) is 0 Å². The fraction of sp³-hybridized carbons (Fsp3) is 0.250. The van der Waals surface area contributed by atoms with E-state index in [1.165, 1.54) is 42.5 Å². The van der Waals surface area contributed by atoms with E-state index in [0.29, 0.717) is 0 Å². The Balaban J connectivity index is 1.84. The Morgan fingerprint density at radius 3 is 1.46 bits per heavy atom. The summed E-state index contributed by atoms with van der Waals surface area (Å²) in [5.41, 5.74) is -0.953. The van der Waals surface area contributed by atoms with Crippen LogP contribution < -0.4 is 9.05 Å². The van der Waals surface area contributed by atoms with Crippen LogP contribution in [0.1, 0.15) is 11.7 Å². The predicted octanol–water partition coefficient (Wildman–Crippen LogP) is 8.21. The molecule has 5 nitrogen and oxygen atoms in total. The summed E-state index contributed by atoms with van der Waals surface area (Å²) in [7, 11) is -5.48. The number of rotatable bonds is 9. The lowest BCUT2D eigenvalue weighted by molar-refractivity contribution is -0.389. The fourth-order valence-electron chi connectivity index (χ4n) is 3.51. The second-order valence-electron chi connectivity index (χ2n) is 8.14. The fourth-order valence-corrected chi connectivity index (χ4v) is 4.91. The first kappa shape index (κ1) is 28.8. The number of ether oxygens (including phenoxy) is 1. The zero-order chi connectivity index (χ0) is 28.7. The van der Waals surface area contributed by atoms with E-state index in [4.69, 9.17) is 13.6 Å². The maximum absolute atomic E-state index is 15.6. The van der Waals surface area contributed by atoms with Gasteiger partial charge < -0.3 is 9.05 Å². The summed E-state index contributed by atoms with van der Waals surface area (Å²) < 4.78 is 162. The van der Waals surface area contributed by atoms with Gasteiger partial charge in [0.1, 0.15) is 11.5 Å². The predicted molar refractivity (Wildman–Crippen MR) is 117 cm³/mol. The second kappa shape index (κ2) is 9.76. The Morgan fingerprint density at radius 2 is 1.08 bits per heavy atom. The summed E-state index contributed by atoms with van der Waals surface area (Å²) in [6.07, 6.45) is -9.92. The molecule has 4 rings (SSSR count). The van der Waals surface area contributed by atoms with Crippen molar-refractivity contribution >= 4 is 7.82 Å². The molecule has 1 aliphatic heterocycles. The van der Waals surface area contributed by atoms with Crippen molar-refractivity contribution < 1.29 is 62.4 Å². The molecule has 1 aliphatic rings. The molecule has 1 saturated heterocycles. The van der Waals surface area contributed by atoms with Crippen molar-refractivity contribution in [3.63, 3.8) is 0 Å². The van der Waals surface area contributed by atoms with Crippen LogP contribution in [0.2, 0.25) is 0 Å². The van der Waals surface area contributed by atoms with Crippen LogP contribution in [-0.4, -0.2) is 29.7 Å². The molecule has 0 N–H and O–H groups in total. The van der Waals surface area contributed by atoms with Crippen molar-refractivity contribution in [3.8, 4) is 11.5 Å². The van der Waals surface area contributed by atoms with Gasteiger partial charge in [0.25, 0.3) is 0 Å². The molecule has 0 aromatic heterocycles. The number of benzene rings is 3. The summed E-state index contributed by atoms with van der Waals surface area (Å²) in [5.74, 6) is -26.6. The van der Waals surface area contributed by atoms with Crippen LogP contribution in [0.25, 0.3) is 0 Å². The Labute approximate surface area is 214 Å². The number of hydrogen-bond acceptors (Lipinski definition) is 5. The molecule has 0 radical (unpaired) electrons. The van der Waals surface area contributed by atoms with Gasteiger partial charge in [-0.05, 0) is 29.8 Å². The van der Waals surface area contributed by atoms with E-state index in [-0.39, 0.29) is 11.5 Å². The minimum atomic E-state index is -6.80. The molecular weight excluding hydrogens is 570 g/mol. The van der Waals surface area contributed by atoms with Gasteiger partial charge in [0, 0.05) is 0 Å². The van der Waals surface area contributed by atoms with E-state index in [9.17, 15) is 30.9 Å². The second-order valence-corrected chi connectivity index (χ2v) is 9.61. The Hall–Kier alpha value is -3.22. The van der Waals surface area contributed by atoms with Crippen LogP contribution >= 0.6 is 7.82 Å². The quantitative estimate of drug-likeness (QED) is 0.187. The number of phosphoric acid groups is 1. The third-order valence-corrected chi connectivity index (χ3v) is 6.79. The molecular formula is C24H16F9O5P. The highest BCUT2D eigenvalue weighted by atomic mass is 31.2. The van der Waals surface area contributed by atoms with Crippen molar-refractivity contribution in [2.24, 2.45) is 0 Å². The van der Waals surface area contributed by atoms with Crippen molar-refractivity contribution in [2.45, 2.75) is 35.8 Å². The van der Waals surface area contributed by atoms with E-state index in [1.807, 2.05) is 0 Å². The van der Waals surface area contributed by atoms with Crippen molar-refractivity contribution in [1.29, 1.82) is 0 Å². The first-order valence-electron chi connectivity index (χ1n) is 10.8. The van der Waals surface area contributed by atoms with Gasteiger partial charge in [0.2, 0.25) is 0 Å². The maximum atomic E-state index is 15.6. The number of halogens is 9. The number of alkyl halides is 9. The highest BCUT2D eigenvalue weighted by Gasteiger charge is 2.95. The molecule has 2 atom stereocenters. The molecule has 0 bridgehead atoms. The molecule has 1 fully saturated rings. The van der Waals surface area contributed by atoms with Crippen LogP contribution in [-0.2, 0) is 13.8 Å². The lowest BCUT2D eigenvalue weighted by atomic mass is 9.92. The molecule has 3 aromatic carbocycles. The first-order valence-corrected chi connectivity index (χ1v) is 12.3. The van der Waals surface area contributed by atoms with Gasteiger partial charge in [-0.25, -0.2) is 4.57 Å². The molecule has 15 heteroatoms. The normalized spacial score (nSPS) is 22.7. The number of hydrogen-bond donors (Lipinski definition) is 0. The van der Waals surface area contributed by atoms with Crippen molar-refractivity contribution in [3.05, 3.63) is 96.6 Å². The molecule has 1 heterocycles. The van der Waals surface area contributed by atoms with Gasteiger partial charge >= 0.3 is 37.6 Å². The largest absolute Gasteiger partial charge is 0.588 e. The molecule has 0 saturated carbocycles. The van der Waals surface area contributed by atoms with E-state index < -0.39 is 49.2 Å². The summed E-state index contributed by atoms with van der Waals surface area (Å²) in [4.78, 5) is 0. The van der Waals surface area contributed by atoms with Crippen molar-refractivity contribution in [1.82, 2.24) is 0 Å². The van der Waals surface area contributed by atoms with E-state index in [2.05, 4.69) is 4.74 Å². The minimum Gasteiger partial charge on any atom is -0.395 e. The van der Waals surface area contributed by atoms with Crippen LogP contribution in [0, 0.1) is 0 Å². The average molecular weight is 586 g/mol. The van der Waals surface area contributed by atoms with Crippen LogP contribution in [0.15, 0.2) is 91.0 Å². The summed E-state index contributed by atoms with van der Waals surface area (Å²) in [6.45, 7) is 0. The van der Waals surface area contributed by atoms with E-state index >= 15 is 13.2 Å². The SMILES string of the molecule is O=P(Oc1ccccc1)(Oc1ccccc1)O[C@H](c1ccccc1)C(F)(F)[C@]1(F)OC(F)(F)C(F)(F)C1(F)F. The van der Waals surface area contributed by atoms with E-state index in [0.717, 1.165) is 48.5 Å². The number of phosphoric ester groups is 1. The maximum Gasteiger partial charge on any atom is 0.588 e. The van der Waals surface area contributed by atoms with Gasteiger partial charge in [0.05, 0.1) is 0 Å². The molecule has 39 heavy (non-hydrogen) atoms. The van der Waals surface area contributed by atoms with Crippen LogP contribution in [0.4, 0.5) is 39.5 Å². The Bertz CT molecular complexity index is 1280. The van der Waals surface area contributed by atoms with Gasteiger partial charge in [-0.15, -0.1) is 0 Å². The lowest BCUT2D eigenvalue weighted by Crippen LogP contribution is -2.62. The average Bonchev–Trinajstić information content (AvgIpc) is 2.98. The first-order chi connectivity index (χ1) is 18.1. The van der Waals surface area contributed by atoms with Crippen LogP contribution in [0.5, 0.6) is 11.5 Å². The van der Waals surface area contributed by atoms with Crippen LogP contribution in [0.3, 0.4) is 0 Å². The zero-order valence-corrected chi connectivity index (χ0v) is 20.0. The topological polar surface area (TPSA) is 54.0 Å². The third-order valence-electron chi connectivity index (χ3n) is 5.45. The minimum absolute atomic E-state index is 0.331. The third kappa shape index (κ3) is 4.85. The van der Waals surface area contributed by atoms with Gasteiger partial charge in [-0.3, -0.25) is 9.26 Å². The zero-order valence-electron chi connectivity index (χ0n) is 19.1. The monoisotopic (exact) mass is 586 g/mol. The molecule has 0 spiro atoms.